The van der Waals surface area contributed by atoms with Gasteiger partial charge in [-0.05, 0) is 56.5 Å². The quantitative estimate of drug-likeness (QED) is 0.643. The molecular formula is C24H27N3O3. The van der Waals surface area contributed by atoms with Crippen molar-refractivity contribution in [1.82, 2.24) is 14.5 Å². The highest BCUT2D eigenvalue weighted by Crippen LogP contribution is 2.32. The number of carbonyl (C=O) groups is 1. The average Bonchev–Trinajstić information content (AvgIpc) is 2.71. The second-order valence-electron chi connectivity index (χ2n) is 8.06. The van der Waals surface area contributed by atoms with Crippen molar-refractivity contribution < 1.29 is 9.53 Å². The highest BCUT2D eigenvalue weighted by atomic mass is 16.5. The molecule has 2 aromatic carbocycles. The molecule has 1 aliphatic rings. The first kappa shape index (κ1) is 20.1. The van der Waals surface area contributed by atoms with Crippen LogP contribution in [-0.4, -0.2) is 34.5 Å². The SMILES string of the molecule is COc1ccc(C)cc1-n1c(C(C)N(C)C(=O)C2CCC2)nc2ccccc2c1=O. The van der Waals surface area contributed by atoms with Gasteiger partial charge in [0.2, 0.25) is 5.91 Å². The van der Waals surface area contributed by atoms with E-state index in [4.69, 9.17) is 9.72 Å². The molecule has 4 rings (SSSR count). The van der Waals surface area contributed by atoms with Crippen molar-refractivity contribution in [3.63, 3.8) is 0 Å². The molecule has 0 saturated heterocycles. The van der Waals surface area contributed by atoms with E-state index in [-0.39, 0.29) is 23.4 Å². The van der Waals surface area contributed by atoms with Gasteiger partial charge in [-0.1, -0.05) is 24.6 Å². The van der Waals surface area contributed by atoms with E-state index >= 15 is 0 Å². The number of nitrogens with zero attached hydrogens (tertiary/aromatic N) is 3. The van der Waals surface area contributed by atoms with Crippen molar-refractivity contribution in [1.29, 1.82) is 0 Å². The third-order valence-corrected chi connectivity index (χ3v) is 6.13. The fourth-order valence-electron chi connectivity index (χ4n) is 3.94. The number of amides is 1. The normalized spacial score (nSPS) is 14.9. The molecule has 3 aromatic rings. The molecule has 30 heavy (non-hydrogen) atoms. The van der Waals surface area contributed by atoms with Crippen molar-refractivity contribution in [3.05, 3.63) is 64.2 Å². The lowest BCUT2D eigenvalue weighted by Crippen LogP contribution is -2.40. The number of fused-ring (bicyclic) bond motifs is 1. The van der Waals surface area contributed by atoms with E-state index < -0.39 is 0 Å². The van der Waals surface area contributed by atoms with Crippen molar-refractivity contribution in [2.75, 3.05) is 14.2 Å². The maximum Gasteiger partial charge on any atom is 0.266 e. The predicted molar refractivity (Wildman–Crippen MR) is 117 cm³/mol. The molecule has 1 fully saturated rings. The zero-order valence-electron chi connectivity index (χ0n) is 17.9. The van der Waals surface area contributed by atoms with Gasteiger partial charge in [0.25, 0.3) is 5.56 Å². The molecule has 1 saturated carbocycles. The van der Waals surface area contributed by atoms with Crippen molar-refractivity contribution >= 4 is 16.8 Å². The Bertz CT molecular complexity index is 1160. The summed E-state index contributed by atoms with van der Waals surface area (Å²) in [5, 5.41) is 0.532. The Morgan fingerprint density at radius 1 is 1.23 bits per heavy atom. The summed E-state index contributed by atoms with van der Waals surface area (Å²) in [6.45, 7) is 3.89. The number of para-hydroxylation sites is 1. The number of hydrogen-bond donors (Lipinski definition) is 0. The maximum atomic E-state index is 13.6. The lowest BCUT2D eigenvalue weighted by atomic mass is 9.84. The third-order valence-electron chi connectivity index (χ3n) is 6.13. The largest absolute Gasteiger partial charge is 0.495 e. The minimum Gasteiger partial charge on any atom is -0.495 e. The van der Waals surface area contributed by atoms with E-state index in [0.717, 1.165) is 24.8 Å². The third kappa shape index (κ3) is 3.36. The molecule has 6 heteroatoms. The molecule has 0 bridgehead atoms. The Hall–Kier alpha value is -3.15. The molecule has 1 atom stereocenters. The highest BCUT2D eigenvalue weighted by molar-refractivity contribution is 5.80. The number of aryl methyl sites for hydroxylation is 1. The van der Waals surface area contributed by atoms with Crippen LogP contribution in [0.15, 0.2) is 47.3 Å². The van der Waals surface area contributed by atoms with Crippen LogP contribution < -0.4 is 10.3 Å². The van der Waals surface area contributed by atoms with E-state index in [0.29, 0.717) is 28.2 Å². The van der Waals surface area contributed by atoms with E-state index in [1.54, 1.807) is 29.7 Å². The summed E-state index contributed by atoms with van der Waals surface area (Å²) < 4.78 is 7.16. The summed E-state index contributed by atoms with van der Waals surface area (Å²) in [6.07, 6.45) is 2.96. The van der Waals surface area contributed by atoms with Crippen LogP contribution in [-0.2, 0) is 4.79 Å². The zero-order valence-corrected chi connectivity index (χ0v) is 17.9. The number of methoxy groups -OCH3 is 1. The smallest absolute Gasteiger partial charge is 0.266 e. The molecule has 156 valence electrons. The van der Waals surface area contributed by atoms with Crippen LogP contribution in [0.5, 0.6) is 5.75 Å². The molecule has 0 aliphatic heterocycles. The number of rotatable bonds is 5. The van der Waals surface area contributed by atoms with Crippen LogP contribution in [0.2, 0.25) is 0 Å². The van der Waals surface area contributed by atoms with Gasteiger partial charge in [-0.25, -0.2) is 4.98 Å². The molecule has 0 N–H and O–H groups in total. The molecule has 6 nitrogen and oxygen atoms in total. The van der Waals surface area contributed by atoms with Crippen LogP contribution in [0.3, 0.4) is 0 Å². The molecular weight excluding hydrogens is 378 g/mol. The number of aromatic nitrogens is 2. The van der Waals surface area contributed by atoms with E-state index in [1.807, 2.05) is 50.2 Å². The molecule has 1 aliphatic carbocycles. The lowest BCUT2D eigenvalue weighted by molar-refractivity contribution is -0.139. The molecule has 1 unspecified atom stereocenters. The van der Waals surface area contributed by atoms with Gasteiger partial charge in [-0.2, -0.15) is 0 Å². The fourth-order valence-corrected chi connectivity index (χ4v) is 3.94. The van der Waals surface area contributed by atoms with Gasteiger partial charge in [0.05, 0.1) is 29.7 Å². The zero-order chi connectivity index (χ0) is 21.4. The number of ether oxygens (including phenoxy) is 1. The second kappa shape index (κ2) is 7.94. The Balaban J connectivity index is 1.94. The summed E-state index contributed by atoms with van der Waals surface area (Å²) in [4.78, 5) is 33.0. The predicted octanol–water partition coefficient (Wildman–Crippen LogP) is 4.02. The van der Waals surface area contributed by atoms with Gasteiger partial charge in [0.15, 0.2) is 0 Å². The van der Waals surface area contributed by atoms with Gasteiger partial charge in [-0.15, -0.1) is 0 Å². The van der Waals surface area contributed by atoms with Gasteiger partial charge < -0.3 is 9.64 Å². The first-order valence-electron chi connectivity index (χ1n) is 10.4. The van der Waals surface area contributed by atoms with Crippen LogP contribution in [0.1, 0.15) is 43.6 Å². The minimum atomic E-state index is -0.374. The molecule has 1 amide bonds. The topological polar surface area (TPSA) is 64.4 Å². The van der Waals surface area contributed by atoms with Crippen molar-refractivity contribution in [2.45, 2.75) is 39.2 Å². The Kier molecular flexibility index (Phi) is 5.33. The van der Waals surface area contributed by atoms with Crippen LogP contribution in [0, 0.1) is 12.8 Å². The fraction of sp³-hybridized carbons (Fsp3) is 0.375. The maximum absolute atomic E-state index is 13.6. The number of benzene rings is 2. The van der Waals surface area contributed by atoms with E-state index in [2.05, 4.69) is 0 Å². The van der Waals surface area contributed by atoms with Gasteiger partial charge >= 0.3 is 0 Å². The summed E-state index contributed by atoms with van der Waals surface area (Å²) in [5.74, 6) is 1.30. The van der Waals surface area contributed by atoms with Crippen LogP contribution >= 0.6 is 0 Å². The minimum absolute atomic E-state index is 0.0755. The summed E-state index contributed by atoms with van der Waals surface area (Å²) >= 11 is 0. The second-order valence-corrected chi connectivity index (χ2v) is 8.06. The van der Waals surface area contributed by atoms with E-state index in [9.17, 15) is 9.59 Å². The summed E-state index contributed by atoms with van der Waals surface area (Å²) in [6, 6.07) is 12.6. The Labute approximate surface area is 176 Å². The van der Waals surface area contributed by atoms with Gasteiger partial charge in [-0.3, -0.25) is 14.2 Å². The van der Waals surface area contributed by atoms with Crippen LogP contribution in [0.4, 0.5) is 0 Å². The molecule has 1 heterocycles. The Morgan fingerprint density at radius 3 is 2.63 bits per heavy atom. The summed E-state index contributed by atoms with van der Waals surface area (Å²) in [7, 11) is 3.38. The first-order chi connectivity index (χ1) is 14.4. The Morgan fingerprint density at radius 2 is 1.97 bits per heavy atom. The summed E-state index contributed by atoms with van der Waals surface area (Å²) in [5.41, 5.74) is 2.09. The number of carbonyl (C=O) groups excluding carboxylic acids is 1. The van der Waals surface area contributed by atoms with Crippen LogP contribution in [0.25, 0.3) is 16.6 Å². The number of hydrogen-bond acceptors (Lipinski definition) is 4. The van der Waals surface area contributed by atoms with Gasteiger partial charge in [0.1, 0.15) is 11.6 Å². The average molecular weight is 405 g/mol. The monoisotopic (exact) mass is 405 g/mol. The van der Waals surface area contributed by atoms with E-state index in [1.165, 1.54) is 0 Å². The van der Waals surface area contributed by atoms with Crippen molar-refractivity contribution in [2.24, 2.45) is 5.92 Å². The molecule has 0 spiro atoms. The molecule has 1 aromatic heterocycles. The molecule has 0 radical (unpaired) electrons. The lowest BCUT2D eigenvalue weighted by Gasteiger charge is -2.33. The standard InChI is InChI=1S/C24H27N3O3/c1-15-12-13-21(30-4)20(14-15)27-22(16(2)26(3)23(28)17-8-7-9-17)25-19-11-6-5-10-18(19)24(27)29/h5-6,10-14,16-17H,7-9H2,1-4H3. The first-order valence-corrected chi connectivity index (χ1v) is 10.4. The highest BCUT2D eigenvalue weighted by Gasteiger charge is 2.32. The van der Waals surface area contributed by atoms with Crippen molar-refractivity contribution in [3.8, 4) is 11.4 Å². The van der Waals surface area contributed by atoms with Gasteiger partial charge in [0, 0.05) is 13.0 Å².